The van der Waals surface area contributed by atoms with E-state index in [0.717, 1.165) is 43.3 Å². The molecule has 11 heteroatoms. The summed E-state index contributed by atoms with van der Waals surface area (Å²) in [6.45, 7) is 5.39. The maximum absolute atomic E-state index is 13.2. The molecule has 0 unspecified atom stereocenters. The summed E-state index contributed by atoms with van der Waals surface area (Å²) in [5.41, 5.74) is -0.261. The molecule has 0 radical (unpaired) electrons. The highest BCUT2D eigenvalue weighted by Crippen LogP contribution is 2.46. The first kappa shape index (κ1) is 20.7. The van der Waals surface area contributed by atoms with E-state index in [1.165, 1.54) is 10.8 Å². The highest BCUT2D eigenvalue weighted by atomic mass is 32.2. The highest BCUT2D eigenvalue weighted by Gasteiger charge is 2.50. The first-order valence-corrected chi connectivity index (χ1v) is 11.8. The topological polar surface area (TPSA) is 124 Å². The van der Waals surface area contributed by atoms with Crippen molar-refractivity contribution in [2.24, 2.45) is 0 Å². The van der Waals surface area contributed by atoms with Crippen LogP contribution in [0.4, 0.5) is 4.79 Å². The Morgan fingerprint density at radius 3 is 2.47 bits per heavy atom. The molecule has 4 rings (SSSR count). The van der Waals surface area contributed by atoms with Crippen LogP contribution in [-0.4, -0.2) is 63.3 Å². The van der Waals surface area contributed by atoms with Crippen molar-refractivity contribution in [1.82, 2.24) is 24.5 Å². The third kappa shape index (κ3) is 3.44. The summed E-state index contributed by atoms with van der Waals surface area (Å²) in [6.07, 6.45) is 5.97. The van der Waals surface area contributed by atoms with Gasteiger partial charge in [0.2, 0.25) is 15.0 Å². The van der Waals surface area contributed by atoms with E-state index < -0.39 is 32.9 Å². The number of nitrogens with zero attached hydrogens (tertiary/aromatic N) is 5. The smallest absolute Gasteiger partial charge is 0.417 e. The lowest BCUT2D eigenvalue weighted by Gasteiger charge is -2.43. The lowest BCUT2D eigenvalue weighted by molar-refractivity contribution is 0.0158. The fourth-order valence-corrected chi connectivity index (χ4v) is 4.83. The molecule has 2 aromatic heterocycles. The second kappa shape index (κ2) is 6.73. The minimum atomic E-state index is -3.63. The van der Waals surface area contributed by atoms with Crippen molar-refractivity contribution in [3.8, 4) is 0 Å². The van der Waals surface area contributed by atoms with Crippen molar-refractivity contribution in [2.75, 3.05) is 12.8 Å². The lowest BCUT2D eigenvalue weighted by atomic mass is 9.67. The zero-order chi connectivity index (χ0) is 21.9. The summed E-state index contributed by atoms with van der Waals surface area (Å²) in [5, 5.41) is 4.02. The number of sulfone groups is 1. The first-order chi connectivity index (χ1) is 13.9. The van der Waals surface area contributed by atoms with Crippen molar-refractivity contribution < 1.29 is 22.7 Å². The molecule has 1 fully saturated rings. The van der Waals surface area contributed by atoms with Crippen LogP contribution in [0.5, 0.6) is 0 Å². The molecule has 0 aromatic carbocycles. The number of imide groups is 1. The van der Waals surface area contributed by atoms with Crippen LogP contribution < -0.4 is 0 Å². The molecule has 1 aliphatic heterocycles. The quantitative estimate of drug-likeness (QED) is 0.667. The maximum Gasteiger partial charge on any atom is 0.417 e. The summed E-state index contributed by atoms with van der Waals surface area (Å²) in [6, 6.07) is 0. The van der Waals surface area contributed by atoms with E-state index in [2.05, 4.69) is 15.1 Å². The first-order valence-electron chi connectivity index (χ1n) is 9.92. The van der Waals surface area contributed by atoms with E-state index in [1.54, 1.807) is 20.8 Å². The molecule has 2 aromatic rings. The minimum absolute atomic E-state index is 0.106. The molecule has 3 heterocycles. The summed E-state index contributed by atoms with van der Waals surface area (Å²) >= 11 is 0. The van der Waals surface area contributed by atoms with Gasteiger partial charge in [0.1, 0.15) is 11.9 Å². The SMILES string of the molecule is CC(C)(C)OC(=O)N1CC2(CCCCC2)c2c(nn3cnc(S(C)(=O)=O)nc23)C1=O. The van der Waals surface area contributed by atoms with Gasteiger partial charge in [-0.1, -0.05) is 19.3 Å². The van der Waals surface area contributed by atoms with Gasteiger partial charge >= 0.3 is 6.09 Å². The highest BCUT2D eigenvalue weighted by molar-refractivity contribution is 7.90. The minimum Gasteiger partial charge on any atom is -0.443 e. The maximum atomic E-state index is 13.2. The Balaban J connectivity index is 1.90. The predicted molar refractivity (Wildman–Crippen MR) is 106 cm³/mol. The third-order valence-corrected chi connectivity index (χ3v) is 6.42. The van der Waals surface area contributed by atoms with Gasteiger partial charge in [-0.15, -0.1) is 0 Å². The summed E-state index contributed by atoms with van der Waals surface area (Å²) in [7, 11) is -3.63. The molecule has 2 aliphatic rings. The number of aromatic nitrogens is 4. The zero-order valence-electron chi connectivity index (χ0n) is 17.5. The Morgan fingerprint density at radius 2 is 1.87 bits per heavy atom. The van der Waals surface area contributed by atoms with Crippen LogP contribution in [0.3, 0.4) is 0 Å². The Hall–Kier alpha value is -2.56. The van der Waals surface area contributed by atoms with Gasteiger partial charge in [0.05, 0.1) is 0 Å². The van der Waals surface area contributed by atoms with Gasteiger partial charge in [-0.05, 0) is 33.6 Å². The molecular weight excluding hydrogens is 410 g/mol. The largest absolute Gasteiger partial charge is 0.443 e. The number of carbonyl (C=O) groups is 2. The van der Waals surface area contributed by atoms with Crippen LogP contribution in [0.15, 0.2) is 11.5 Å². The standard InChI is InChI=1S/C19H25N5O5S/c1-18(2,3)29-17(26)23-10-19(8-6-5-7-9-19)12-13(15(23)25)22-24-11-20-16(21-14(12)24)30(4,27)28/h11H,5-10H2,1-4H3. The van der Waals surface area contributed by atoms with Crippen molar-refractivity contribution in [1.29, 1.82) is 0 Å². The molecule has 0 bridgehead atoms. The van der Waals surface area contributed by atoms with Gasteiger partial charge < -0.3 is 4.74 Å². The van der Waals surface area contributed by atoms with E-state index in [9.17, 15) is 18.0 Å². The predicted octanol–water partition coefficient (Wildman–Crippen LogP) is 2.12. The molecule has 2 amide bonds. The number of rotatable bonds is 1. The molecule has 1 spiro atoms. The van der Waals surface area contributed by atoms with Crippen molar-refractivity contribution in [3.63, 3.8) is 0 Å². The second-order valence-electron chi connectivity index (χ2n) is 9.12. The van der Waals surface area contributed by atoms with Gasteiger partial charge in [0.15, 0.2) is 11.3 Å². The third-order valence-electron chi connectivity index (χ3n) is 5.56. The van der Waals surface area contributed by atoms with Crippen LogP contribution >= 0.6 is 0 Å². The van der Waals surface area contributed by atoms with Crippen LogP contribution in [0.1, 0.15) is 68.9 Å². The van der Waals surface area contributed by atoms with E-state index in [0.29, 0.717) is 11.2 Å². The normalized spacial score (nSPS) is 19.2. The van der Waals surface area contributed by atoms with E-state index in [1.807, 2.05) is 0 Å². The fraction of sp³-hybridized carbons (Fsp3) is 0.632. The molecule has 0 N–H and O–H groups in total. The van der Waals surface area contributed by atoms with Gasteiger partial charge in [0.25, 0.3) is 5.91 Å². The molecule has 1 aliphatic carbocycles. The van der Waals surface area contributed by atoms with Crippen LogP contribution in [-0.2, 0) is 20.0 Å². The van der Waals surface area contributed by atoms with Gasteiger partial charge in [0, 0.05) is 23.8 Å². The van der Waals surface area contributed by atoms with Gasteiger partial charge in [-0.3, -0.25) is 4.79 Å². The lowest BCUT2D eigenvalue weighted by Crippen LogP contribution is -2.53. The van der Waals surface area contributed by atoms with E-state index in [-0.39, 0.29) is 17.4 Å². The molecule has 30 heavy (non-hydrogen) atoms. The molecule has 0 saturated heterocycles. The second-order valence-corrected chi connectivity index (χ2v) is 11.0. The molecular formula is C19H25N5O5S. The average molecular weight is 436 g/mol. The number of ether oxygens (including phenoxy) is 1. The fourth-order valence-electron chi connectivity index (χ4n) is 4.34. The molecule has 1 saturated carbocycles. The molecule has 0 atom stereocenters. The molecule has 162 valence electrons. The van der Waals surface area contributed by atoms with E-state index in [4.69, 9.17) is 4.74 Å². The summed E-state index contributed by atoms with van der Waals surface area (Å²) < 4.78 is 30.7. The van der Waals surface area contributed by atoms with Crippen LogP contribution in [0.2, 0.25) is 0 Å². The van der Waals surface area contributed by atoms with Crippen molar-refractivity contribution in [3.05, 3.63) is 17.6 Å². The zero-order valence-corrected chi connectivity index (χ0v) is 18.3. The van der Waals surface area contributed by atoms with Crippen molar-refractivity contribution in [2.45, 2.75) is 69.0 Å². The molecule has 10 nitrogen and oxygen atoms in total. The van der Waals surface area contributed by atoms with Gasteiger partial charge in [-0.2, -0.15) is 10.1 Å². The Bertz CT molecular complexity index is 1140. The number of fused-ring (bicyclic) bond motifs is 4. The number of amides is 2. The summed E-state index contributed by atoms with van der Waals surface area (Å²) in [5.74, 6) is -0.568. The van der Waals surface area contributed by atoms with Crippen LogP contribution in [0.25, 0.3) is 5.65 Å². The Labute approximate surface area is 174 Å². The van der Waals surface area contributed by atoms with E-state index >= 15 is 0 Å². The van der Waals surface area contributed by atoms with Crippen LogP contribution in [0, 0.1) is 0 Å². The Morgan fingerprint density at radius 1 is 1.20 bits per heavy atom. The monoisotopic (exact) mass is 435 g/mol. The average Bonchev–Trinajstić information content (AvgIpc) is 3.03. The Kier molecular flexibility index (Phi) is 4.64. The number of hydrogen-bond donors (Lipinski definition) is 0. The van der Waals surface area contributed by atoms with Gasteiger partial charge in [-0.25, -0.2) is 27.6 Å². The number of hydrogen-bond acceptors (Lipinski definition) is 8. The number of carbonyl (C=O) groups excluding carboxylic acids is 2. The summed E-state index contributed by atoms with van der Waals surface area (Å²) in [4.78, 5) is 35.2. The van der Waals surface area contributed by atoms with Crippen molar-refractivity contribution >= 4 is 27.5 Å².